The lowest BCUT2D eigenvalue weighted by Crippen LogP contribution is -2.34. The van der Waals surface area contributed by atoms with Gasteiger partial charge in [-0.1, -0.05) is 17.7 Å². The Bertz CT molecular complexity index is 1250. The van der Waals surface area contributed by atoms with Gasteiger partial charge in [0, 0.05) is 53.9 Å². The summed E-state index contributed by atoms with van der Waals surface area (Å²) in [4.78, 5) is 39.7. The minimum Gasteiger partial charge on any atom is -0.351 e. The van der Waals surface area contributed by atoms with Gasteiger partial charge >= 0.3 is 0 Å². The van der Waals surface area contributed by atoms with Crippen molar-refractivity contribution in [2.24, 2.45) is 0 Å². The molecular weight excluding hydrogens is 490 g/mol. The lowest BCUT2D eigenvalue weighted by Gasteiger charge is -2.15. The first-order valence-electron chi connectivity index (χ1n) is 12.1. The van der Waals surface area contributed by atoms with E-state index in [0.717, 1.165) is 24.8 Å². The van der Waals surface area contributed by atoms with Gasteiger partial charge in [-0.15, -0.1) is 0 Å². The van der Waals surface area contributed by atoms with Crippen LogP contribution in [0.2, 0.25) is 5.02 Å². The molecule has 0 radical (unpaired) electrons. The molecule has 2 aromatic heterocycles. The molecule has 1 fully saturated rings. The van der Waals surface area contributed by atoms with E-state index < -0.39 is 0 Å². The second kappa shape index (κ2) is 12.4. The average molecular weight is 520 g/mol. The quantitative estimate of drug-likeness (QED) is 0.366. The second-order valence-electron chi connectivity index (χ2n) is 9.19. The van der Waals surface area contributed by atoms with Crippen LogP contribution in [0.25, 0.3) is 11.3 Å². The highest BCUT2D eigenvalue weighted by Gasteiger charge is 2.27. The standard InChI is InChI=1S/C27H30ClN7O2/c1-35(2)14-4-6-24(36)31-20-9-7-18(8-10-20)26(37)32-21-11-12-22(15-21)33-27-30-17-23(28)25(34-27)19-5-3-13-29-16-19/h3-10,13,16-17,21-22H,11-12,14-15H2,1-2H3,(H,31,36)(H,32,37)(H,30,33,34)/b6-4+/t21-,22+/m1/s1. The predicted octanol–water partition coefficient (Wildman–Crippen LogP) is 4.01. The van der Waals surface area contributed by atoms with Crippen LogP contribution in [-0.4, -0.2) is 64.4 Å². The Labute approximate surface area is 221 Å². The predicted molar refractivity (Wildman–Crippen MR) is 146 cm³/mol. The topological polar surface area (TPSA) is 112 Å². The number of nitrogens with zero attached hydrogens (tertiary/aromatic N) is 4. The molecule has 2 amide bonds. The second-order valence-corrected chi connectivity index (χ2v) is 9.59. The molecule has 4 rings (SSSR count). The van der Waals surface area contributed by atoms with Gasteiger partial charge in [0.2, 0.25) is 11.9 Å². The highest BCUT2D eigenvalue weighted by molar-refractivity contribution is 6.32. The van der Waals surface area contributed by atoms with Crippen LogP contribution in [0.15, 0.2) is 67.1 Å². The van der Waals surface area contributed by atoms with Crippen LogP contribution in [0.4, 0.5) is 11.6 Å². The Balaban J connectivity index is 1.28. The smallest absolute Gasteiger partial charge is 0.251 e. The zero-order valence-electron chi connectivity index (χ0n) is 20.8. The van der Waals surface area contributed by atoms with Crippen LogP contribution < -0.4 is 16.0 Å². The fourth-order valence-corrected chi connectivity index (χ4v) is 4.30. The molecular formula is C27H30ClN7O2. The van der Waals surface area contributed by atoms with Gasteiger partial charge < -0.3 is 20.9 Å². The molecule has 0 saturated heterocycles. The molecule has 2 heterocycles. The van der Waals surface area contributed by atoms with Gasteiger partial charge in [-0.05, 0) is 69.8 Å². The Morgan fingerprint density at radius 2 is 1.89 bits per heavy atom. The molecule has 3 aromatic rings. The minimum atomic E-state index is -0.208. The van der Waals surface area contributed by atoms with Gasteiger partial charge in [0.1, 0.15) is 0 Å². The summed E-state index contributed by atoms with van der Waals surface area (Å²) in [6.07, 6.45) is 10.8. The third-order valence-corrected chi connectivity index (χ3v) is 6.21. The Hall–Kier alpha value is -3.82. The number of nitrogens with one attached hydrogen (secondary N) is 3. The van der Waals surface area contributed by atoms with Crippen LogP contribution in [0.1, 0.15) is 29.6 Å². The molecule has 9 nitrogen and oxygen atoms in total. The number of benzene rings is 1. The number of rotatable bonds is 9. The van der Waals surface area contributed by atoms with E-state index >= 15 is 0 Å². The Morgan fingerprint density at radius 3 is 2.62 bits per heavy atom. The van der Waals surface area contributed by atoms with Gasteiger partial charge in [-0.3, -0.25) is 14.6 Å². The normalized spacial score (nSPS) is 17.2. The van der Waals surface area contributed by atoms with Crippen molar-refractivity contribution in [3.8, 4) is 11.3 Å². The number of carbonyl (C=O) groups is 2. The zero-order chi connectivity index (χ0) is 26.2. The summed E-state index contributed by atoms with van der Waals surface area (Å²) in [6.45, 7) is 0.684. The van der Waals surface area contributed by atoms with Crippen LogP contribution in [-0.2, 0) is 4.79 Å². The molecule has 37 heavy (non-hydrogen) atoms. The number of amides is 2. The number of hydrogen-bond acceptors (Lipinski definition) is 7. The van der Waals surface area contributed by atoms with Crippen molar-refractivity contribution in [2.75, 3.05) is 31.3 Å². The maximum atomic E-state index is 12.8. The summed E-state index contributed by atoms with van der Waals surface area (Å²) in [7, 11) is 3.87. The van der Waals surface area contributed by atoms with Gasteiger partial charge in [-0.25, -0.2) is 9.97 Å². The van der Waals surface area contributed by atoms with E-state index in [1.165, 1.54) is 6.08 Å². The van der Waals surface area contributed by atoms with Gasteiger partial charge in [0.15, 0.2) is 0 Å². The third kappa shape index (κ3) is 7.58. The fourth-order valence-electron chi connectivity index (χ4n) is 4.10. The summed E-state index contributed by atoms with van der Waals surface area (Å²) in [6, 6.07) is 10.8. The summed E-state index contributed by atoms with van der Waals surface area (Å²) >= 11 is 6.30. The van der Waals surface area contributed by atoms with Gasteiger partial charge in [0.05, 0.1) is 16.9 Å². The maximum absolute atomic E-state index is 12.8. The molecule has 1 saturated carbocycles. The molecule has 3 N–H and O–H groups in total. The minimum absolute atomic E-state index is 0.0382. The number of likely N-dealkylation sites (N-methyl/N-ethyl adjacent to an activating group) is 1. The molecule has 1 aliphatic carbocycles. The molecule has 0 spiro atoms. The van der Waals surface area contributed by atoms with Gasteiger partial charge in [0.25, 0.3) is 5.91 Å². The molecule has 0 bridgehead atoms. The Morgan fingerprint density at radius 1 is 1.11 bits per heavy atom. The van der Waals surface area contributed by atoms with Crippen molar-refractivity contribution in [1.82, 2.24) is 25.2 Å². The molecule has 192 valence electrons. The van der Waals surface area contributed by atoms with Crippen molar-refractivity contribution in [2.45, 2.75) is 31.3 Å². The van der Waals surface area contributed by atoms with Crippen molar-refractivity contribution in [3.05, 3.63) is 77.7 Å². The van der Waals surface area contributed by atoms with Crippen LogP contribution in [0.3, 0.4) is 0 Å². The van der Waals surface area contributed by atoms with Crippen molar-refractivity contribution in [1.29, 1.82) is 0 Å². The van der Waals surface area contributed by atoms with Gasteiger partial charge in [-0.2, -0.15) is 0 Å². The molecule has 1 aliphatic rings. The highest BCUT2D eigenvalue weighted by atomic mass is 35.5. The van der Waals surface area contributed by atoms with E-state index in [0.29, 0.717) is 34.5 Å². The van der Waals surface area contributed by atoms with E-state index in [2.05, 4.69) is 30.9 Å². The van der Waals surface area contributed by atoms with Crippen molar-refractivity contribution >= 4 is 35.1 Å². The SMILES string of the molecule is CN(C)C/C=C/C(=O)Nc1ccc(C(=O)N[C@@H]2CC[C@H](Nc3ncc(Cl)c(-c4cccnc4)n3)C2)cc1. The van der Waals surface area contributed by atoms with Crippen LogP contribution in [0.5, 0.6) is 0 Å². The highest BCUT2D eigenvalue weighted by Crippen LogP contribution is 2.27. The summed E-state index contributed by atoms with van der Waals surface area (Å²) < 4.78 is 0. The lowest BCUT2D eigenvalue weighted by molar-refractivity contribution is -0.111. The van der Waals surface area contributed by atoms with E-state index in [-0.39, 0.29) is 23.9 Å². The third-order valence-electron chi connectivity index (χ3n) is 5.93. The number of anilines is 2. The summed E-state index contributed by atoms with van der Waals surface area (Å²) in [5, 5.41) is 9.72. The number of carbonyl (C=O) groups excluding carboxylic acids is 2. The van der Waals surface area contributed by atoms with Crippen molar-refractivity contribution < 1.29 is 9.59 Å². The number of halogens is 1. The van der Waals surface area contributed by atoms with E-state index in [1.54, 1.807) is 48.9 Å². The van der Waals surface area contributed by atoms with Crippen LogP contribution in [0, 0.1) is 0 Å². The van der Waals surface area contributed by atoms with Crippen LogP contribution >= 0.6 is 11.6 Å². The summed E-state index contributed by atoms with van der Waals surface area (Å²) in [5.41, 5.74) is 2.62. The van der Waals surface area contributed by atoms with E-state index in [4.69, 9.17) is 11.6 Å². The Kier molecular flexibility index (Phi) is 8.81. The first-order chi connectivity index (χ1) is 17.9. The largest absolute Gasteiger partial charge is 0.351 e. The van der Waals surface area contributed by atoms with E-state index in [1.807, 2.05) is 31.1 Å². The molecule has 1 aromatic carbocycles. The average Bonchev–Trinajstić information content (AvgIpc) is 3.32. The fraction of sp³-hybridized carbons (Fsp3) is 0.296. The molecule has 0 aliphatic heterocycles. The molecule has 2 atom stereocenters. The number of pyridine rings is 1. The first-order valence-corrected chi connectivity index (χ1v) is 12.5. The summed E-state index contributed by atoms with van der Waals surface area (Å²) in [5.74, 6) is 0.145. The number of hydrogen-bond donors (Lipinski definition) is 3. The first kappa shape index (κ1) is 26.2. The number of aromatic nitrogens is 3. The molecule has 10 heteroatoms. The lowest BCUT2D eigenvalue weighted by atomic mass is 10.1. The van der Waals surface area contributed by atoms with Crippen molar-refractivity contribution in [3.63, 3.8) is 0 Å². The zero-order valence-corrected chi connectivity index (χ0v) is 21.6. The monoisotopic (exact) mass is 519 g/mol. The maximum Gasteiger partial charge on any atom is 0.251 e. The molecule has 0 unspecified atom stereocenters. The van der Waals surface area contributed by atoms with E-state index in [9.17, 15) is 9.59 Å².